The van der Waals surface area contributed by atoms with Gasteiger partial charge < -0.3 is 5.32 Å². The fourth-order valence-electron chi connectivity index (χ4n) is 3.50. The van der Waals surface area contributed by atoms with Crippen molar-refractivity contribution in [3.05, 3.63) is 35.9 Å². The minimum Gasteiger partial charge on any atom is -0.308 e. The molecule has 1 atom stereocenters. The molecular formula is C18H30N2. The smallest absolute Gasteiger partial charge is 0.0560 e. The summed E-state index contributed by atoms with van der Waals surface area (Å²) in [5, 5.41) is 3.74. The molecule has 0 amide bonds. The van der Waals surface area contributed by atoms with Crippen molar-refractivity contribution < 1.29 is 0 Å². The summed E-state index contributed by atoms with van der Waals surface area (Å²) in [7, 11) is 0. The van der Waals surface area contributed by atoms with Gasteiger partial charge in [0.25, 0.3) is 0 Å². The zero-order valence-corrected chi connectivity index (χ0v) is 13.7. The second-order valence-electron chi connectivity index (χ2n) is 6.98. The largest absolute Gasteiger partial charge is 0.308 e. The van der Waals surface area contributed by atoms with Gasteiger partial charge in [-0.2, -0.15) is 0 Å². The van der Waals surface area contributed by atoms with Crippen LogP contribution in [0.2, 0.25) is 0 Å². The highest BCUT2D eigenvalue weighted by Crippen LogP contribution is 2.36. The number of nitrogens with one attached hydrogen (secondary N) is 1. The Morgan fingerprint density at radius 3 is 2.25 bits per heavy atom. The van der Waals surface area contributed by atoms with Crippen LogP contribution < -0.4 is 5.32 Å². The number of benzene rings is 1. The van der Waals surface area contributed by atoms with Crippen LogP contribution in [0.5, 0.6) is 0 Å². The third-order valence-electron chi connectivity index (χ3n) is 4.89. The summed E-state index contributed by atoms with van der Waals surface area (Å²) in [5.41, 5.74) is 1.71. The molecule has 0 bridgehead atoms. The normalized spacial score (nSPS) is 26.9. The number of hydrogen-bond donors (Lipinski definition) is 1. The highest BCUT2D eigenvalue weighted by atomic mass is 15.3. The highest BCUT2D eigenvalue weighted by Gasteiger charge is 2.43. The molecule has 1 aliphatic rings. The lowest BCUT2D eigenvalue weighted by Gasteiger charge is -2.54. The molecule has 0 spiro atoms. The van der Waals surface area contributed by atoms with Crippen LogP contribution in [-0.2, 0) is 5.54 Å². The Hall–Kier alpha value is -0.860. The molecule has 112 valence electrons. The molecule has 0 saturated carbocycles. The molecule has 2 rings (SSSR count). The number of rotatable bonds is 4. The maximum Gasteiger partial charge on any atom is 0.0560 e. The Morgan fingerprint density at radius 2 is 1.70 bits per heavy atom. The van der Waals surface area contributed by atoms with Crippen LogP contribution in [0.15, 0.2) is 30.3 Å². The number of piperazine rings is 1. The van der Waals surface area contributed by atoms with Gasteiger partial charge in [-0.05, 0) is 39.2 Å². The van der Waals surface area contributed by atoms with Gasteiger partial charge in [-0.15, -0.1) is 0 Å². The Kier molecular flexibility index (Phi) is 4.55. The first-order valence-electron chi connectivity index (χ1n) is 8.00. The van der Waals surface area contributed by atoms with E-state index < -0.39 is 0 Å². The van der Waals surface area contributed by atoms with E-state index in [1.165, 1.54) is 18.4 Å². The first-order chi connectivity index (χ1) is 9.43. The topological polar surface area (TPSA) is 15.3 Å². The Balaban J connectivity index is 2.38. The predicted molar refractivity (Wildman–Crippen MR) is 87.0 cm³/mol. The maximum atomic E-state index is 3.74. The van der Waals surface area contributed by atoms with E-state index in [0.717, 1.165) is 13.1 Å². The molecule has 1 N–H and O–H groups in total. The van der Waals surface area contributed by atoms with Gasteiger partial charge in [0, 0.05) is 24.7 Å². The van der Waals surface area contributed by atoms with E-state index in [-0.39, 0.29) is 11.1 Å². The van der Waals surface area contributed by atoms with Crippen LogP contribution in [0.25, 0.3) is 0 Å². The minimum absolute atomic E-state index is 0.0907. The second kappa shape index (κ2) is 5.87. The van der Waals surface area contributed by atoms with E-state index in [2.05, 4.69) is 75.2 Å². The van der Waals surface area contributed by atoms with Crippen LogP contribution in [0.4, 0.5) is 0 Å². The van der Waals surface area contributed by atoms with Gasteiger partial charge in [0.1, 0.15) is 0 Å². The maximum absolute atomic E-state index is 3.74. The Bertz CT molecular complexity index is 422. The third kappa shape index (κ3) is 2.91. The average molecular weight is 274 g/mol. The standard InChI is InChI=1S/C18H30N2/c1-6-16(7-2)20-14-17(3,4)19-13-18(20,5)15-11-9-8-10-12-15/h8-12,16,19H,6-7,13-14H2,1-5H3. The predicted octanol–water partition coefficient (Wildman–Crippen LogP) is 3.77. The second-order valence-corrected chi connectivity index (χ2v) is 6.98. The van der Waals surface area contributed by atoms with Crippen LogP contribution in [0, 0.1) is 0 Å². The van der Waals surface area contributed by atoms with Crippen molar-refractivity contribution in [1.82, 2.24) is 10.2 Å². The highest BCUT2D eigenvalue weighted by molar-refractivity contribution is 5.26. The van der Waals surface area contributed by atoms with Crippen molar-refractivity contribution >= 4 is 0 Å². The first-order valence-corrected chi connectivity index (χ1v) is 8.00. The van der Waals surface area contributed by atoms with Crippen molar-refractivity contribution in [3.8, 4) is 0 Å². The summed E-state index contributed by atoms with van der Waals surface area (Å²) >= 11 is 0. The number of hydrogen-bond acceptors (Lipinski definition) is 2. The Morgan fingerprint density at radius 1 is 1.10 bits per heavy atom. The summed E-state index contributed by atoms with van der Waals surface area (Å²) in [6.07, 6.45) is 2.43. The van der Waals surface area contributed by atoms with E-state index >= 15 is 0 Å². The van der Waals surface area contributed by atoms with Gasteiger partial charge in [-0.3, -0.25) is 4.90 Å². The van der Waals surface area contributed by atoms with Crippen molar-refractivity contribution in [2.24, 2.45) is 0 Å². The lowest BCUT2D eigenvalue weighted by molar-refractivity contribution is -0.0142. The molecule has 0 radical (unpaired) electrons. The van der Waals surface area contributed by atoms with Gasteiger partial charge in [0.15, 0.2) is 0 Å². The molecule has 2 nitrogen and oxygen atoms in total. The molecule has 0 aromatic heterocycles. The molecule has 1 aromatic carbocycles. The fourth-order valence-corrected chi connectivity index (χ4v) is 3.50. The molecule has 1 heterocycles. The molecule has 20 heavy (non-hydrogen) atoms. The van der Waals surface area contributed by atoms with Gasteiger partial charge in [-0.1, -0.05) is 44.2 Å². The first kappa shape index (κ1) is 15.5. The Labute approximate surface area is 124 Å². The van der Waals surface area contributed by atoms with E-state index in [1.54, 1.807) is 0 Å². The van der Waals surface area contributed by atoms with Gasteiger partial charge in [0.2, 0.25) is 0 Å². The van der Waals surface area contributed by atoms with E-state index in [9.17, 15) is 0 Å². The zero-order valence-electron chi connectivity index (χ0n) is 13.7. The van der Waals surface area contributed by atoms with Crippen molar-refractivity contribution in [2.45, 2.75) is 64.6 Å². The van der Waals surface area contributed by atoms with Crippen LogP contribution in [-0.4, -0.2) is 29.6 Å². The lowest BCUT2D eigenvalue weighted by Crippen LogP contribution is -2.67. The van der Waals surface area contributed by atoms with Crippen LogP contribution in [0.3, 0.4) is 0 Å². The van der Waals surface area contributed by atoms with Crippen LogP contribution >= 0.6 is 0 Å². The summed E-state index contributed by atoms with van der Waals surface area (Å²) in [6.45, 7) is 13.8. The SMILES string of the molecule is CCC(CC)N1CC(C)(C)NCC1(C)c1ccccc1. The van der Waals surface area contributed by atoms with E-state index in [1.807, 2.05) is 0 Å². The van der Waals surface area contributed by atoms with E-state index in [4.69, 9.17) is 0 Å². The molecule has 1 saturated heterocycles. The van der Waals surface area contributed by atoms with Crippen molar-refractivity contribution in [1.29, 1.82) is 0 Å². The van der Waals surface area contributed by atoms with Crippen molar-refractivity contribution in [3.63, 3.8) is 0 Å². The minimum atomic E-state index is 0.0907. The summed E-state index contributed by atoms with van der Waals surface area (Å²) in [6, 6.07) is 11.6. The zero-order chi connectivity index (χ0) is 14.8. The lowest BCUT2D eigenvalue weighted by atomic mass is 9.82. The quantitative estimate of drug-likeness (QED) is 0.899. The summed E-state index contributed by atoms with van der Waals surface area (Å²) in [4.78, 5) is 2.73. The molecule has 1 unspecified atom stereocenters. The molecule has 0 aliphatic carbocycles. The summed E-state index contributed by atoms with van der Waals surface area (Å²) < 4.78 is 0. The molecule has 1 aliphatic heterocycles. The molecule has 2 heteroatoms. The van der Waals surface area contributed by atoms with Crippen LogP contribution in [0.1, 0.15) is 53.0 Å². The number of nitrogens with zero attached hydrogens (tertiary/aromatic N) is 1. The third-order valence-corrected chi connectivity index (χ3v) is 4.89. The van der Waals surface area contributed by atoms with Gasteiger partial charge in [-0.25, -0.2) is 0 Å². The molecule has 1 fully saturated rings. The van der Waals surface area contributed by atoms with Gasteiger partial charge in [0.05, 0.1) is 5.54 Å². The fraction of sp³-hybridized carbons (Fsp3) is 0.667. The van der Waals surface area contributed by atoms with Crippen molar-refractivity contribution in [2.75, 3.05) is 13.1 Å². The monoisotopic (exact) mass is 274 g/mol. The molecule has 1 aromatic rings. The molecular weight excluding hydrogens is 244 g/mol. The van der Waals surface area contributed by atoms with Gasteiger partial charge >= 0.3 is 0 Å². The average Bonchev–Trinajstić information content (AvgIpc) is 2.45. The summed E-state index contributed by atoms with van der Waals surface area (Å²) in [5.74, 6) is 0. The van der Waals surface area contributed by atoms with E-state index in [0.29, 0.717) is 6.04 Å².